The van der Waals surface area contributed by atoms with Crippen molar-refractivity contribution in [3.05, 3.63) is 60.1 Å². The second-order valence-electron chi connectivity index (χ2n) is 7.66. The van der Waals surface area contributed by atoms with Gasteiger partial charge in [0.2, 0.25) is 0 Å². The van der Waals surface area contributed by atoms with E-state index in [1.807, 2.05) is 39.0 Å². The highest BCUT2D eigenvalue weighted by Gasteiger charge is 2.17. The number of ether oxygens (including phenoxy) is 3. The molecule has 3 aromatic rings. The number of fused-ring (bicyclic) bond motifs is 1. The Bertz CT molecular complexity index is 1310. The molecule has 1 atom stereocenters. The minimum atomic E-state index is -0.455. The van der Waals surface area contributed by atoms with E-state index in [-0.39, 0.29) is 24.7 Å². The summed E-state index contributed by atoms with van der Waals surface area (Å²) in [6.07, 6.45) is 2.40. The maximum Gasteiger partial charge on any atom is 0.344 e. The van der Waals surface area contributed by atoms with Crippen LogP contribution in [-0.2, 0) is 9.53 Å². The zero-order valence-electron chi connectivity index (χ0n) is 20.0. The van der Waals surface area contributed by atoms with E-state index in [0.29, 0.717) is 40.4 Å². The molecule has 0 saturated heterocycles. The summed E-state index contributed by atoms with van der Waals surface area (Å²) in [5.41, 5.74) is 1.10. The zero-order chi connectivity index (χ0) is 25.5. The van der Waals surface area contributed by atoms with Crippen molar-refractivity contribution in [1.82, 2.24) is 9.66 Å². The minimum Gasteiger partial charge on any atom is -0.490 e. The molecule has 8 nitrogen and oxygen atoms in total. The summed E-state index contributed by atoms with van der Waals surface area (Å²) in [6, 6.07) is 9.04. The molecule has 0 amide bonds. The Balaban J connectivity index is 2.04. The van der Waals surface area contributed by atoms with Crippen molar-refractivity contribution in [3.8, 4) is 11.5 Å². The van der Waals surface area contributed by atoms with Crippen LogP contribution in [0.4, 0.5) is 0 Å². The maximum absolute atomic E-state index is 13.3. The highest BCUT2D eigenvalue weighted by Crippen LogP contribution is 2.34. The molecule has 35 heavy (non-hydrogen) atoms. The SMILES string of the molecule is CCOC(=O)COc1c(I)cc(C=Nn2c([C@@H](C)CC)nc3ccc(Br)cc3c2=O)cc1OCC. The van der Waals surface area contributed by atoms with Gasteiger partial charge in [-0.15, -0.1) is 0 Å². The standard InChI is InChI=1S/C25H27BrIN3O5/c1-5-15(4)24-29-20-9-8-17(26)12-18(20)25(32)30(24)28-13-16-10-19(27)23(21(11-16)33-6-2)35-14-22(31)34-7-3/h8-13,15H,5-7,14H2,1-4H3/t15-/m0/s1. The van der Waals surface area contributed by atoms with Gasteiger partial charge in [0, 0.05) is 10.4 Å². The van der Waals surface area contributed by atoms with Crippen LogP contribution in [0.25, 0.3) is 10.9 Å². The molecule has 10 heteroatoms. The molecular formula is C25H27BrIN3O5. The Kier molecular flexibility index (Phi) is 9.67. The molecule has 0 fully saturated rings. The number of rotatable bonds is 10. The highest BCUT2D eigenvalue weighted by atomic mass is 127. The van der Waals surface area contributed by atoms with Gasteiger partial charge in [-0.05, 0) is 78.8 Å². The van der Waals surface area contributed by atoms with Crippen LogP contribution >= 0.6 is 38.5 Å². The quantitative estimate of drug-likeness (QED) is 0.163. The summed E-state index contributed by atoms with van der Waals surface area (Å²) in [6.45, 7) is 8.14. The Labute approximate surface area is 225 Å². The lowest BCUT2D eigenvalue weighted by molar-refractivity contribution is -0.145. The molecular weight excluding hydrogens is 629 g/mol. The number of hydrogen-bond donors (Lipinski definition) is 0. The number of benzene rings is 2. The third-order valence-corrected chi connectivity index (χ3v) is 6.47. The molecule has 0 aliphatic carbocycles. The molecule has 0 aliphatic rings. The van der Waals surface area contributed by atoms with Crippen molar-refractivity contribution < 1.29 is 19.0 Å². The van der Waals surface area contributed by atoms with E-state index in [0.717, 1.165) is 14.5 Å². The number of carbonyl (C=O) groups excluding carboxylic acids is 1. The Hall–Kier alpha value is -2.47. The zero-order valence-corrected chi connectivity index (χ0v) is 23.8. The van der Waals surface area contributed by atoms with E-state index in [4.69, 9.17) is 19.2 Å². The number of aromatic nitrogens is 2. The van der Waals surface area contributed by atoms with Crippen LogP contribution in [0.3, 0.4) is 0 Å². The molecule has 1 aromatic heterocycles. The van der Waals surface area contributed by atoms with Crippen LogP contribution in [-0.4, -0.2) is 41.7 Å². The number of carbonyl (C=O) groups is 1. The van der Waals surface area contributed by atoms with Gasteiger partial charge in [-0.25, -0.2) is 9.78 Å². The van der Waals surface area contributed by atoms with Crippen LogP contribution in [0.1, 0.15) is 51.4 Å². The lowest BCUT2D eigenvalue weighted by atomic mass is 10.1. The van der Waals surface area contributed by atoms with Crippen molar-refractivity contribution >= 4 is 61.6 Å². The highest BCUT2D eigenvalue weighted by molar-refractivity contribution is 14.1. The normalized spacial score (nSPS) is 12.2. The lowest BCUT2D eigenvalue weighted by Crippen LogP contribution is -2.23. The summed E-state index contributed by atoms with van der Waals surface area (Å²) in [5, 5.41) is 5.01. The lowest BCUT2D eigenvalue weighted by Gasteiger charge is -2.15. The van der Waals surface area contributed by atoms with E-state index in [1.54, 1.807) is 25.3 Å². The minimum absolute atomic E-state index is 0.0330. The van der Waals surface area contributed by atoms with E-state index in [1.165, 1.54) is 4.68 Å². The van der Waals surface area contributed by atoms with Gasteiger partial charge in [0.15, 0.2) is 18.1 Å². The first-order chi connectivity index (χ1) is 16.8. The van der Waals surface area contributed by atoms with Gasteiger partial charge in [-0.3, -0.25) is 4.79 Å². The molecule has 0 spiro atoms. The van der Waals surface area contributed by atoms with Crippen molar-refractivity contribution in [2.24, 2.45) is 5.10 Å². The van der Waals surface area contributed by atoms with Crippen molar-refractivity contribution in [2.75, 3.05) is 19.8 Å². The molecule has 0 radical (unpaired) electrons. The number of halogens is 2. The van der Waals surface area contributed by atoms with Gasteiger partial charge >= 0.3 is 5.97 Å². The Morgan fingerprint density at radius 3 is 2.66 bits per heavy atom. The van der Waals surface area contributed by atoms with Crippen LogP contribution in [0, 0.1) is 3.57 Å². The van der Waals surface area contributed by atoms with E-state index >= 15 is 0 Å². The molecule has 0 saturated carbocycles. The maximum atomic E-state index is 13.3. The molecule has 1 heterocycles. The Morgan fingerprint density at radius 2 is 1.97 bits per heavy atom. The van der Waals surface area contributed by atoms with Gasteiger partial charge < -0.3 is 14.2 Å². The summed E-state index contributed by atoms with van der Waals surface area (Å²) in [4.78, 5) is 29.8. The second kappa shape index (κ2) is 12.5. The van der Waals surface area contributed by atoms with Crippen molar-refractivity contribution in [2.45, 2.75) is 40.0 Å². The first-order valence-corrected chi connectivity index (χ1v) is 13.2. The summed E-state index contributed by atoms with van der Waals surface area (Å²) < 4.78 is 19.2. The average molecular weight is 656 g/mol. The third kappa shape index (κ3) is 6.60. The largest absolute Gasteiger partial charge is 0.490 e. The fourth-order valence-electron chi connectivity index (χ4n) is 3.30. The fourth-order valence-corrected chi connectivity index (χ4v) is 4.44. The topological polar surface area (TPSA) is 92.0 Å². The number of esters is 1. The summed E-state index contributed by atoms with van der Waals surface area (Å²) >= 11 is 5.54. The predicted molar refractivity (Wildman–Crippen MR) is 148 cm³/mol. The van der Waals surface area contributed by atoms with Crippen LogP contribution in [0.2, 0.25) is 0 Å². The number of nitrogens with zero attached hydrogens (tertiary/aromatic N) is 3. The average Bonchev–Trinajstić information content (AvgIpc) is 2.83. The molecule has 0 bridgehead atoms. The Morgan fingerprint density at radius 1 is 1.20 bits per heavy atom. The first kappa shape index (κ1) is 27.1. The fraction of sp³-hybridized carbons (Fsp3) is 0.360. The van der Waals surface area contributed by atoms with E-state index in [2.05, 4.69) is 43.6 Å². The molecule has 2 aromatic carbocycles. The summed E-state index contributed by atoms with van der Waals surface area (Å²) in [5.74, 6) is 1.10. The molecule has 0 N–H and O–H groups in total. The van der Waals surface area contributed by atoms with E-state index < -0.39 is 5.97 Å². The third-order valence-electron chi connectivity index (χ3n) is 5.18. The van der Waals surface area contributed by atoms with Crippen molar-refractivity contribution in [3.63, 3.8) is 0 Å². The smallest absolute Gasteiger partial charge is 0.344 e. The van der Waals surface area contributed by atoms with Crippen LogP contribution in [0.5, 0.6) is 11.5 Å². The molecule has 186 valence electrons. The van der Waals surface area contributed by atoms with Crippen LogP contribution < -0.4 is 15.0 Å². The molecule has 0 unspecified atom stereocenters. The molecule has 3 rings (SSSR count). The van der Waals surface area contributed by atoms with Gasteiger partial charge in [0.25, 0.3) is 5.56 Å². The number of hydrogen-bond acceptors (Lipinski definition) is 7. The van der Waals surface area contributed by atoms with Gasteiger partial charge in [-0.2, -0.15) is 9.78 Å². The van der Waals surface area contributed by atoms with Gasteiger partial charge in [-0.1, -0.05) is 29.8 Å². The summed E-state index contributed by atoms with van der Waals surface area (Å²) in [7, 11) is 0. The van der Waals surface area contributed by atoms with Crippen molar-refractivity contribution in [1.29, 1.82) is 0 Å². The predicted octanol–water partition coefficient (Wildman–Crippen LogP) is 5.50. The second-order valence-corrected chi connectivity index (χ2v) is 9.74. The molecule has 0 aliphatic heterocycles. The monoisotopic (exact) mass is 655 g/mol. The van der Waals surface area contributed by atoms with Gasteiger partial charge in [0.1, 0.15) is 5.82 Å². The first-order valence-electron chi connectivity index (χ1n) is 11.3. The van der Waals surface area contributed by atoms with Crippen LogP contribution in [0.15, 0.2) is 44.7 Å². The van der Waals surface area contributed by atoms with Gasteiger partial charge in [0.05, 0.1) is 33.9 Å². The van der Waals surface area contributed by atoms with E-state index in [9.17, 15) is 9.59 Å².